The number of ether oxygens (including phenoxy) is 1. The van der Waals surface area contributed by atoms with Crippen molar-refractivity contribution in [3.63, 3.8) is 0 Å². The van der Waals surface area contributed by atoms with Crippen molar-refractivity contribution >= 4 is 5.97 Å². The third kappa shape index (κ3) is 4.23. The van der Waals surface area contributed by atoms with Gasteiger partial charge in [-0.2, -0.15) is 0 Å². The van der Waals surface area contributed by atoms with Crippen LogP contribution in [0.15, 0.2) is 54.6 Å². The second-order valence-electron chi connectivity index (χ2n) is 6.14. The van der Waals surface area contributed by atoms with Gasteiger partial charge in [0.2, 0.25) is 0 Å². The molecule has 0 aliphatic rings. The van der Waals surface area contributed by atoms with Crippen LogP contribution in [0.4, 0.5) is 0 Å². The van der Waals surface area contributed by atoms with E-state index in [1.807, 2.05) is 42.5 Å². The second-order valence-corrected chi connectivity index (χ2v) is 6.14. The molecule has 2 nitrogen and oxygen atoms in total. The summed E-state index contributed by atoms with van der Waals surface area (Å²) in [5.41, 5.74) is 2.06. The zero-order valence-electron chi connectivity index (χ0n) is 12.2. The molecule has 2 rings (SSSR count). The van der Waals surface area contributed by atoms with Crippen molar-refractivity contribution in [3.8, 4) is 5.75 Å². The van der Waals surface area contributed by atoms with Gasteiger partial charge < -0.3 is 4.74 Å². The number of hydrogen-bond donors (Lipinski definition) is 0. The minimum absolute atomic E-state index is 0.252. The molecule has 20 heavy (non-hydrogen) atoms. The minimum atomic E-state index is -0.325. The van der Waals surface area contributed by atoms with Crippen LogP contribution in [-0.2, 0) is 6.42 Å². The molecule has 2 heteroatoms. The van der Waals surface area contributed by atoms with E-state index in [4.69, 9.17) is 4.74 Å². The summed E-state index contributed by atoms with van der Waals surface area (Å²) in [6.45, 7) is 6.61. The Hall–Kier alpha value is -2.09. The maximum atomic E-state index is 11.9. The number of carbonyl (C=O) groups is 1. The molecule has 0 radical (unpaired) electrons. The molecule has 0 aliphatic heterocycles. The molecule has 0 aliphatic carbocycles. The quantitative estimate of drug-likeness (QED) is 0.605. The van der Waals surface area contributed by atoms with Crippen LogP contribution in [0.1, 0.15) is 36.7 Å². The Balaban J connectivity index is 2.02. The van der Waals surface area contributed by atoms with E-state index >= 15 is 0 Å². The topological polar surface area (TPSA) is 26.3 Å². The highest BCUT2D eigenvalue weighted by atomic mass is 16.5. The molecule has 0 unspecified atom stereocenters. The third-order valence-electron chi connectivity index (χ3n) is 2.88. The predicted molar refractivity (Wildman–Crippen MR) is 81.0 cm³/mol. The van der Waals surface area contributed by atoms with Crippen LogP contribution in [-0.4, -0.2) is 5.97 Å². The summed E-state index contributed by atoms with van der Waals surface area (Å²) in [6, 6.07) is 16.7. The molecule has 0 fully saturated rings. The fraction of sp³-hybridized carbons (Fsp3) is 0.278. The van der Waals surface area contributed by atoms with E-state index in [0.717, 1.165) is 6.42 Å². The average molecular weight is 268 g/mol. The third-order valence-corrected chi connectivity index (χ3v) is 2.88. The van der Waals surface area contributed by atoms with Gasteiger partial charge in [0.15, 0.2) is 0 Å². The number of benzene rings is 2. The molecule has 0 spiro atoms. The molecule has 2 aromatic carbocycles. The highest BCUT2D eigenvalue weighted by Crippen LogP contribution is 2.22. The highest BCUT2D eigenvalue weighted by molar-refractivity contribution is 5.90. The first-order valence-electron chi connectivity index (χ1n) is 6.80. The summed E-state index contributed by atoms with van der Waals surface area (Å²) in [7, 11) is 0. The van der Waals surface area contributed by atoms with Crippen molar-refractivity contribution in [2.75, 3.05) is 0 Å². The van der Waals surface area contributed by atoms with Gasteiger partial charge in [-0.25, -0.2) is 4.79 Å². The molecule has 0 amide bonds. The van der Waals surface area contributed by atoms with Crippen LogP contribution in [0, 0.1) is 5.41 Å². The van der Waals surface area contributed by atoms with Gasteiger partial charge in [0, 0.05) is 0 Å². The Bertz CT molecular complexity index is 563. The summed E-state index contributed by atoms with van der Waals surface area (Å²) in [4.78, 5) is 11.9. The summed E-state index contributed by atoms with van der Waals surface area (Å²) >= 11 is 0. The van der Waals surface area contributed by atoms with Crippen molar-refractivity contribution < 1.29 is 9.53 Å². The smallest absolute Gasteiger partial charge is 0.343 e. The fourth-order valence-electron chi connectivity index (χ4n) is 2.03. The van der Waals surface area contributed by atoms with Gasteiger partial charge in [0.05, 0.1) is 5.56 Å². The van der Waals surface area contributed by atoms with E-state index in [2.05, 4.69) is 20.8 Å². The Kier molecular flexibility index (Phi) is 4.23. The molecular formula is C18H20O2. The molecule has 0 bridgehead atoms. The monoisotopic (exact) mass is 268 g/mol. The van der Waals surface area contributed by atoms with Crippen LogP contribution in [0.5, 0.6) is 5.75 Å². The van der Waals surface area contributed by atoms with E-state index in [-0.39, 0.29) is 11.4 Å². The Morgan fingerprint density at radius 1 is 0.950 bits per heavy atom. The maximum Gasteiger partial charge on any atom is 0.343 e. The van der Waals surface area contributed by atoms with Gasteiger partial charge >= 0.3 is 5.97 Å². The van der Waals surface area contributed by atoms with Gasteiger partial charge in [-0.15, -0.1) is 0 Å². The average Bonchev–Trinajstić information content (AvgIpc) is 2.40. The van der Waals surface area contributed by atoms with E-state index in [9.17, 15) is 4.79 Å². The molecule has 0 saturated carbocycles. The van der Waals surface area contributed by atoms with Crippen molar-refractivity contribution in [1.29, 1.82) is 0 Å². The summed E-state index contributed by atoms with van der Waals surface area (Å²) in [6.07, 6.45) is 1.000. The van der Waals surface area contributed by atoms with Gasteiger partial charge in [-0.05, 0) is 41.7 Å². The lowest BCUT2D eigenvalue weighted by molar-refractivity contribution is 0.0734. The summed E-state index contributed by atoms with van der Waals surface area (Å²) in [5.74, 6) is 0.255. The van der Waals surface area contributed by atoms with E-state index in [1.54, 1.807) is 12.1 Å². The molecule has 0 aromatic heterocycles. The predicted octanol–water partition coefficient (Wildman–Crippen LogP) is 4.49. The van der Waals surface area contributed by atoms with Crippen LogP contribution in [0.2, 0.25) is 0 Å². The maximum absolute atomic E-state index is 11.9. The van der Waals surface area contributed by atoms with E-state index < -0.39 is 0 Å². The molecule has 104 valence electrons. The zero-order valence-corrected chi connectivity index (χ0v) is 12.2. The van der Waals surface area contributed by atoms with Crippen molar-refractivity contribution in [2.24, 2.45) is 5.41 Å². The van der Waals surface area contributed by atoms with Crippen molar-refractivity contribution in [1.82, 2.24) is 0 Å². The first-order chi connectivity index (χ1) is 9.44. The van der Waals surface area contributed by atoms with Crippen molar-refractivity contribution in [3.05, 3.63) is 65.7 Å². The standard InChI is InChI=1S/C18H20O2/c1-18(2,3)13-14-9-11-16(12-10-14)20-17(19)15-7-5-4-6-8-15/h4-12H,13H2,1-3H3. The zero-order chi connectivity index (χ0) is 14.6. The van der Waals surface area contributed by atoms with Crippen LogP contribution >= 0.6 is 0 Å². The summed E-state index contributed by atoms with van der Waals surface area (Å²) < 4.78 is 5.35. The van der Waals surface area contributed by atoms with Gasteiger partial charge in [-0.1, -0.05) is 51.1 Å². The van der Waals surface area contributed by atoms with E-state index in [1.165, 1.54) is 5.56 Å². The van der Waals surface area contributed by atoms with Gasteiger partial charge in [0.25, 0.3) is 0 Å². The van der Waals surface area contributed by atoms with Crippen molar-refractivity contribution in [2.45, 2.75) is 27.2 Å². The SMILES string of the molecule is CC(C)(C)Cc1ccc(OC(=O)c2ccccc2)cc1. The molecule has 2 aromatic rings. The Morgan fingerprint density at radius 3 is 2.10 bits per heavy atom. The first-order valence-corrected chi connectivity index (χ1v) is 6.80. The molecule has 0 N–H and O–H groups in total. The Morgan fingerprint density at radius 2 is 1.55 bits per heavy atom. The molecular weight excluding hydrogens is 248 g/mol. The number of rotatable bonds is 3. The highest BCUT2D eigenvalue weighted by Gasteiger charge is 2.12. The number of hydrogen-bond acceptors (Lipinski definition) is 2. The van der Waals surface area contributed by atoms with Crippen LogP contribution in [0.25, 0.3) is 0 Å². The van der Waals surface area contributed by atoms with Crippen LogP contribution < -0.4 is 4.74 Å². The van der Waals surface area contributed by atoms with Gasteiger partial charge in [0.1, 0.15) is 5.75 Å². The molecule has 0 atom stereocenters. The van der Waals surface area contributed by atoms with Crippen LogP contribution in [0.3, 0.4) is 0 Å². The fourth-order valence-corrected chi connectivity index (χ4v) is 2.03. The lowest BCUT2D eigenvalue weighted by atomic mass is 9.88. The lowest BCUT2D eigenvalue weighted by Crippen LogP contribution is -2.10. The summed E-state index contributed by atoms with van der Waals surface area (Å²) in [5, 5.41) is 0. The first kappa shape index (κ1) is 14.3. The lowest BCUT2D eigenvalue weighted by Gasteiger charge is -2.18. The molecule has 0 saturated heterocycles. The van der Waals surface area contributed by atoms with Gasteiger partial charge in [-0.3, -0.25) is 0 Å². The molecule has 0 heterocycles. The largest absolute Gasteiger partial charge is 0.423 e. The Labute approximate surface area is 120 Å². The number of carbonyl (C=O) groups excluding carboxylic acids is 1. The second kappa shape index (κ2) is 5.91. The number of esters is 1. The normalized spacial score (nSPS) is 11.2. The van der Waals surface area contributed by atoms with E-state index in [0.29, 0.717) is 11.3 Å². The minimum Gasteiger partial charge on any atom is -0.423 e.